The van der Waals surface area contributed by atoms with Gasteiger partial charge in [0.1, 0.15) is 5.60 Å². The molecule has 1 saturated heterocycles. The van der Waals surface area contributed by atoms with E-state index >= 15 is 0 Å². The first-order valence-corrected chi connectivity index (χ1v) is 7.00. The van der Waals surface area contributed by atoms with Crippen LogP contribution in [0, 0.1) is 5.41 Å². The Labute approximate surface area is 120 Å². The molecule has 1 aliphatic rings. The normalized spacial score (nSPS) is 18.6. The van der Waals surface area contributed by atoms with Crippen LogP contribution in [0.4, 0.5) is 4.79 Å². The lowest BCUT2D eigenvalue weighted by molar-refractivity contribution is -0.161. The molecule has 0 saturated carbocycles. The summed E-state index contributed by atoms with van der Waals surface area (Å²) in [6.07, 6.45) is 0.399. The number of likely N-dealkylation sites (tertiary alicyclic amines) is 1. The van der Waals surface area contributed by atoms with Crippen LogP contribution in [0.15, 0.2) is 0 Å². The molecule has 1 fully saturated rings. The molecule has 6 nitrogen and oxygen atoms in total. The maximum Gasteiger partial charge on any atom is 0.410 e. The van der Waals surface area contributed by atoms with E-state index in [1.165, 1.54) is 0 Å². The van der Waals surface area contributed by atoms with E-state index < -0.39 is 11.0 Å². The number of carbonyl (C=O) groups excluding carboxylic acids is 2. The lowest BCUT2D eigenvalue weighted by Gasteiger charge is -2.39. The standard InChI is InChI=1S/C14H25NO5/c1-5-19-11(17)14(10-16)6-8-15(9-7-14)12(18)20-13(2,3)4/h16H,5-10H2,1-4H3. The van der Waals surface area contributed by atoms with Gasteiger partial charge in [0, 0.05) is 13.1 Å². The van der Waals surface area contributed by atoms with Crippen LogP contribution in [0.1, 0.15) is 40.5 Å². The van der Waals surface area contributed by atoms with Crippen LogP contribution in [0.5, 0.6) is 0 Å². The summed E-state index contributed by atoms with van der Waals surface area (Å²) < 4.78 is 10.3. The SMILES string of the molecule is CCOC(=O)C1(CO)CCN(C(=O)OC(C)(C)C)CC1. The van der Waals surface area contributed by atoms with Gasteiger partial charge in [0.2, 0.25) is 0 Å². The highest BCUT2D eigenvalue weighted by molar-refractivity contribution is 5.78. The maximum atomic E-state index is 11.9. The highest BCUT2D eigenvalue weighted by atomic mass is 16.6. The van der Waals surface area contributed by atoms with Crippen molar-refractivity contribution in [3.8, 4) is 0 Å². The molecule has 1 rings (SSSR count). The molecule has 1 aliphatic heterocycles. The van der Waals surface area contributed by atoms with Crippen LogP contribution in [0.2, 0.25) is 0 Å². The smallest absolute Gasteiger partial charge is 0.410 e. The largest absolute Gasteiger partial charge is 0.465 e. The summed E-state index contributed by atoms with van der Waals surface area (Å²) in [5.41, 5.74) is -1.42. The van der Waals surface area contributed by atoms with Crippen LogP contribution in [0.3, 0.4) is 0 Å². The molecule has 0 aromatic rings. The molecule has 1 heterocycles. The lowest BCUT2D eigenvalue weighted by Crippen LogP contribution is -2.49. The van der Waals surface area contributed by atoms with Gasteiger partial charge in [-0.2, -0.15) is 0 Å². The van der Waals surface area contributed by atoms with E-state index in [0.29, 0.717) is 25.9 Å². The zero-order valence-corrected chi connectivity index (χ0v) is 12.8. The Kier molecular flexibility index (Phi) is 5.39. The summed E-state index contributed by atoms with van der Waals surface area (Å²) in [6, 6.07) is 0. The quantitative estimate of drug-likeness (QED) is 0.797. The van der Waals surface area contributed by atoms with Gasteiger partial charge < -0.3 is 19.5 Å². The Bertz CT molecular complexity index is 353. The molecule has 20 heavy (non-hydrogen) atoms. The van der Waals surface area contributed by atoms with Crippen molar-refractivity contribution in [3.05, 3.63) is 0 Å². The molecule has 0 unspecified atom stereocenters. The fraction of sp³-hybridized carbons (Fsp3) is 0.857. The molecule has 0 radical (unpaired) electrons. The van der Waals surface area contributed by atoms with Gasteiger partial charge in [-0.1, -0.05) is 0 Å². The van der Waals surface area contributed by atoms with Crippen molar-refractivity contribution < 1.29 is 24.2 Å². The summed E-state index contributed by atoms with van der Waals surface area (Å²) >= 11 is 0. The third kappa shape index (κ3) is 4.10. The number of hydrogen-bond acceptors (Lipinski definition) is 5. The average Bonchev–Trinajstić information content (AvgIpc) is 2.37. The zero-order chi connectivity index (χ0) is 15.4. The topological polar surface area (TPSA) is 76.1 Å². The van der Waals surface area contributed by atoms with Gasteiger partial charge in [-0.15, -0.1) is 0 Å². The number of aliphatic hydroxyl groups excluding tert-OH is 1. The Morgan fingerprint density at radius 3 is 2.20 bits per heavy atom. The van der Waals surface area contributed by atoms with E-state index in [9.17, 15) is 14.7 Å². The van der Waals surface area contributed by atoms with Gasteiger partial charge in [-0.3, -0.25) is 4.79 Å². The van der Waals surface area contributed by atoms with Gasteiger partial charge in [0.25, 0.3) is 0 Å². The van der Waals surface area contributed by atoms with Crippen molar-refractivity contribution in [3.63, 3.8) is 0 Å². The first-order valence-electron chi connectivity index (χ1n) is 7.00. The van der Waals surface area contributed by atoms with E-state index in [1.807, 2.05) is 20.8 Å². The van der Waals surface area contributed by atoms with E-state index in [0.717, 1.165) is 0 Å². The number of rotatable bonds is 3. The van der Waals surface area contributed by atoms with Gasteiger partial charge in [-0.05, 0) is 40.5 Å². The van der Waals surface area contributed by atoms with Crippen LogP contribution >= 0.6 is 0 Å². The number of piperidine rings is 1. The second kappa shape index (κ2) is 6.43. The highest BCUT2D eigenvalue weighted by Crippen LogP contribution is 2.33. The highest BCUT2D eigenvalue weighted by Gasteiger charge is 2.43. The summed E-state index contributed by atoms with van der Waals surface area (Å²) in [6.45, 7) is 7.97. The fourth-order valence-electron chi connectivity index (χ4n) is 2.15. The third-order valence-corrected chi connectivity index (χ3v) is 3.38. The van der Waals surface area contributed by atoms with Crippen molar-refractivity contribution >= 4 is 12.1 Å². The van der Waals surface area contributed by atoms with Crippen molar-refractivity contribution in [2.24, 2.45) is 5.41 Å². The minimum absolute atomic E-state index is 0.256. The average molecular weight is 287 g/mol. The molecule has 0 aromatic carbocycles. The number of ether oxygens (including phenoxy) is 2. The second-order valence-corrected chi connectivity index (χ2v) is 6.13. The first kappa shape index (κ1) is 16.8. The predicted octanol–water partition coefficient (Wildman–Crippen LogP) is 1.56. The van der Waals surface area contributed by atoms with Gasteiger partial charge in [0.05, 0.1) is 18.6 Å². The first-order chi connectivity index (χ1) is 9.24. The molecule has 1 amide bonds. The summed E-state index contributed by atoms with van der Waals surface area (Å²) in [4.78, 5) is 25.4. The fourth-order valence-corrected chi connectivity index (χ4v) is 2.15. The minimum atomic E-state index is -0.880. The molecular weight excluding hydrogens is 262 g/mol. The molecular formula is C14H25NO5. The Hall–Kier alpha value is -1.30. The summed E-state index contributed by atoms with van der Waals surface area (Å²) in [5.74, 6) is -0.383. The number of amides is 1. The Morgan fingerprint density at radius 2 is 1.80 bits per heavy atom. The minimum Gasteiger partial charge on any atom is -0.465 e. The van der Waals surface area contributed by atoms with Crippen LogP contribution < -0.4 is 0 Å². The molecule has 0 bridgehead atoms. The third-order valence-electron chi connectivity index (χ3n) is 3.38. The predicted molar refractivity (Wildman–Crippen MR) is 73.2 cm³/mol. The molecule has 0 aliphatic carbocycles. The van der Waals surface area contributed by atoms with Crippen LogP contribution in [0.25, 0.3) is 0 Å². The van der Waals surface area contributed by atoms with Crippen LogP contribution in [-0.2, 0) is 14.3 Å². The molecule has 6 heteroatoms. The Morgan fingerprint density at radius 1 is 1.25 bits per heavy atom. The van der Waals surface area contributed by atoms with E-state index in [1.54, 1.807) is 11.8 Å². The van der Waals surface area contributed by atoms with Gasteiger partial charge in [-0.25, -0.2) is 4.79 Å². The molecule has 0 aromatic heterocycles. The van der Waals surface area contributed by atoms with E-state index in [2.05, 4.69) is 0 Å². The molecule has 1 N–H and O–H groups in total. The number of esters is 1. The number of aliphatic hydroxyl groups is 1. The number of carbonyl (C=O) groups is 2. The number of nitrogens with zero attached hydrogens (tertiary/aromatic N) is 1. The zero-order valence-electron chi connectivity index (χ0n) is 12.8. The summed E-state index contributed by atoms with van der Waals surface area (Å²) in [7, 11) is 0. The molecule has 0 spiro atoms. The maximum absolute atomic E-state index is 11.9. The lowest BCUT2D eigenvalue weighted by atomic mass is 9.79. The van der Waals surface area contributed by atoms with Crippen LogP contribution in [-0.4, -0.2) is 54.0 Å². The van der Waals surface area contributed by atoms with E-state index in [4.69, 9.17) is 9.47 Å². The van der Waals surface area contributed by atoms with Gasteiger partial charge >= 0.3 is 12.1 Å². The second-order valence-electron chi connectivity index (χ2n) is 6.13. The van der Waals surface area contributed by atoms with Crippen molar-refractivity contribution in [1.82, 2.24) is 4.90 Å². The number of hydrogen-bond donors (Lipinski definition) is 1. The molecule has 116 valence electrons. The van der Waals surface area contributed by atoms with Crippen molar-refractivity contribution in [1.29, 1.82) is 0 Å². The van der Waals surface area contributed by atoms with Crippen molar-refractivity contribution in [2.75, 3.05) is 26.3 Å². The molecule has 0 atom stereocenters. The Balaban J connectivity index is 2.61. The van der Waals surface area contributed by atoms with Gasteiger partial charge in [0.15, 0.2) is 0 Å². The monoisotopic (exact) mass is 287 g/mol. The summed E-state index contributed by atoms with van der Waals surface area (Å²) in [5, 5.41) is 9.51. The van der Waals surface area contributed by atoms with E-state index in [-0.39, 0.29) is 25.3 Å². The van der Waals surface area contributed by atoms with Crippen molar-refractivity contribution in [2.45, 2.75) is 46.1 Å².